The number of carbonyl (C=O) groups is 2. The molecule has 0 spiro atoms. The number of nitrogens with zero attached hydrogens (tertiary/aromatic N) is 1. The fourth-order valence-corrected chi connectivity index (χ4v) is 4.03. The van der Waals surface area contributed by atoms with Crippen molar-refractivity contribution in [2.45, 2.75) is 76.4 Å². The first kappa shape index (κ1) is 23.4. The van der Waals surface area contributed by atoms with Crippen LogP contribution in [0, 0.1) is 5.82 Å². The summed E-state index contributed by atoms with van der Waals surface area (Å²) in [5.41, 5.74) is -0.692. The van der Waals surface area contributed by atoms with Crippen molar-refractivity contribution < 1.29 is 28.9 Å². The number of amides is 2. The van der Waals surface area contributed by atoms with Crippen LogP contribution < -0.4 is 15.5 Å². The molecule has 0 saturated carbocycles. The second-order valence-corrected chi connectivity index (χ2v) is 9.41. The number of piperidine rings is 2. The molecule has 2 heterocycles. The summed E-state index contributed by atoms with van der Waals surface area (Å²) in [7, 11) is 0. The van der Waals surface area contributed by atoms with Gasteiger partial charge in [0.05, 0.1) is 16.9 Å². The van der Waals surface area contributed by atoms with Crippen molar-refractivity contribution in [2.24, 2.45) is 0 Å². The van der Waals surface area contributed by atoms with E-state index in [0.29, 0.717) is 43.7 Å². The Morgan fingerprint density at radius 3 is 2.58 bits per heavy atom. The molecule has 1 aromatic rings. The van der Waals surface area contributed by atoms with Crippen LogP contribution in [0.5, 0.6) is 0 Å². The number of benzene rings is 1. The highest BCUT2D eigenvalue weighted by atomic mass is 19.1. The zero-order chi connectivity index (χ0) is 22.8. The van der Waals surface area contributed by atoms with Crippen LogP contribution in [0.25, 0.3) is 0 Å². The van der Waals surface area contributed by atoms with Crippen LogP contribution in [0.1, 0.15) is 52.9 Å². The van der Waals surface area contributed by atoms with Crippen LogP contribution in [-0.4, -0.2) is 58.7 Å². The number of imide groups is 1. The van der Waals surface area contributed by atoms with Crippen LogP contribution in [0.2, 0.25) is 0 Å². The Labute approximate surface area is 181 Å². The summed E-state index contributed by atoms with van der Waals surface area (Å²) in [5, 5.41) is 26.2. The average molecular weight is 438 g/mol. The van der Waals surface area contributed by atoms with Crippen LogP contribution in [0.15, 0.2) is 18.2 Å². The van der Waals surface area contributed by atoms with Gasteiger partial charge in [-0.1, -0.05) is 0 Å². The Morgan fingerprint density at radius 2 is 2.00 bits per heavy atom. The maximum Gasteiger partial charge on any atom is 0.249 e. The highest BCUT2D eigenvalue weighted by Crippen LogP contribution is 2.33. The standard InChI is InChI=1S/C22H32FN3O5/c1-21(2,3)31-19(28)13-22(30)8-10-26(11-9-22)17-6-4-14(12-15(17)23)24-16-5-7-18(27)25-20(16)29/h4,6,12,16,19,24,28,30H,5,7-11,13H2,1-3H3,(H,25,27,29)/t16-,19?/m0/s1. The Hall–Kier alpha value is -2.23. The second kappa shape index (κ2) is 9.10. The molecule has 0 aromatic heterocycles. The molecule has 0 radical (unpaired) electrons. The quantitative estimate of drug-likeness (QED) is 0.397. The first-order valence-corrected chi connectivity index (χ1v) is 10.7. The normalized spacial score (nSPS) is 22.8. The lowest BCUT2D eigenvalue weighted by molar-refractivity contribution is -0.193. The van der Waals surface area contributed by atoms with Gasteiger partial charge in [0, 0.05) is 31.6 Å². The monoisotopic (exact) mass is 437 g/mol. The first-order chi connectivity index (χ1) is 14.4. The molecule has 172 valence electrons. The lowest BCUT2D eigenvalue weighted by atomic mass is 9.87. The van der Waals surface area contributed by atoms with Gasteiger partial charge in [-0.2, -0.15) is 0 Å². The number of ether oxygens (including phenoxy) is 1. The van der Waals surface area contributed by atoms with Crippen molar-refractivity contribution in [3.8, 4) is 0 Å². The smallest absolute Gasteiger partial charge is 0.249 e. The van der Waals surface area contributed by atoms with E-state index in [4.69, 9.17) is 4.74 Å². The number of aliphatic hydroxyl groups excluding tert-OH is 1. The van der Waals surface area contributed by atoms with E-state index >= 15 is 0 Å². The van der Waals surface area contributed by atoms with E-state index in [1.807, 2.05) is 25.7 Å². The van der Waals surface area contributed by atoms with Crippen molar-refractivity contribution in [2.75, 3.05) is 23.3 Å². The SMILES string of the molecule is CC(C)(C)OC(O)CC1(O)CCN(c2ccc(N[C@H]3CCC(=O)NC3=O)cc2F)CC1. The molecular weight excluding hydrogens is 405 g/mol. The van der Waals surface area contributed by atoms with E-state index in [9.17, 15) is 24.2 Å². The molecule has 0 bridgehead atoms. The van der Waals surface area contributed by atoms with Crippen molar-refractivity contribution in [3.05, 3.63) is 24.0 Å². The van der Waals surface area contributed by atoms with Gasteiger partial charge in [-0.05, 0) is 58.2 Å². The molecule has 2 saturated heterocycles. The van der Waals surface area contributed by atoms with Gasteiger partial charge < -0.3 is 25.2 Å². The summed E-state index contributed by atoms with van der Waals surface area (Å²) in [6.07, 6.45) is 0.418. The summed E-state index contributed by atoms with van der Waals surface area (Å²) in [5.74, 6) is -1.14. The molecule has 0 aliphatic carbocycles. The number of aliphatic hydroxyl groups is 2. The van der Waals surface area contributed by atoms with Crippen molar-refractivity contribution in [1.29, 1.82) is 0 Å². The third-order valence-electron chi connectivity index (χ3n) is 5.61. The van der Waals surface area contributed by atoms with E-state index in [2.05, 4.69) is 10.6 Å². The lowest BCUT2D eigenvalue weighted by Gasteiger charge is -2.40. The van der Waals surface area contributed by atoms with Gasteiger partial charge >= 0.3 is 0 Å². The number of anilines is 2. The molecule has 1 aromatic carbocycles. The predicted octanol–water partition coefficient (Wildman–Crippen LogP) is 1.90. The number of hydrogen-bond acceptors (Lipinski definition) is 7. The van der Waals surface area contributed by atoms with E-state index in [0.717, 1.165) is 0 Å². The largest absolute Gasteiger partial charge is 0.390 e. The molecule has 2 amide bonds. The van der Waals surface area contributed by atoms with Crippen molar-refractivity contribution in [3.63, 3.8) is 0 Å². The molecular formula is C22H32FN3O5. The average Bonchev–Trinajstić information content (AvgIpc) is 2.63. The molecule has 2 aliphatic rings. The number of nitrogens with one attached hydrogen (secondary N) is 2. The van der Waals surface area contributed by atoms with Crippen LogP contribution in [0.4, 0.5) is 15.8 Å². The van der Waals surface area contributed by atoms with Crippen LogP contribution in [-0.2, 0) is 14.3 Å². The molecule has 9 heteroatoms. The number of carbonyl (C=O) groups excluding carboxylic acids is 2. The van der Waals surface area contributed by atoms with Crippen molar-refractivity contribution in [1.82, 2.24) is 5.32 Å². The van der Waals surface area contributed by atoms with Gasteiger partial charge in [0.2, 0.25) is 11.8 Å². The fourth-order valence-electron chi connectivity index (χ4n) is 4.03. The molecule has 31 heavy (non-hydrogen) atoms. The van der Waals surface area contributed by atoms with Gasteiger partial charge in [0.1, 0.15) is 11.9 Å². The third-order valence-corrected chi connectivity index (χ3v) is 5.61. The Balaban J connectivity index is 1.57. The molecule has 4 N–H and O–H groups in total. The minimum Gasteiger partial charge on any atom is -0.390 e. The summed E-state index contributed by atoms with van der Waals surface area (Å²) in [6.45, 7) is 6.39. The summed E-state index contributed by atoms with van der Waals surface area (Å²) < 4.78 is 20.3. The predicted molar refractivity (Wildman–Crippen MR) is 114 cm³/mol. The maximum absolute atomic E-state index is 14.8. The lowest BCUT2D eigenvalue weighted by Crippen LogP contribution is -2.47. The Morgan fingerprint density at radius 1 is 1.32 bits per heavy atom. The first-order valence-electron chi connectivity index (χ1n) is 10.7. The van der Waals surface area contributed by atoms with Crippen LogP contribution >= 0.6 is 0 Å². The van der Waals surface area contributed by atoms with Crippen molar-refractivity contribution >= 4 is 23.2 Å². The topological polar surface area (TPSA) is 111 Å². The fraction of sp³-hybridized carbons (Fsp3) is 0.636. The molecule has 2 fully saturated rings. The zero-order valence-corrected chi connectivity index (χ0v) is 18.3. The highest BCUT2D eigenvalue weighted by Gasteiger charge is 2.36. The van der Waals surface area contributed by atoms with Gasteiger partial charge in [-0.15, -0.1) is 0 Å². The second-order valence-electron chi connectivity index (χ2n) is 9.41. The van der Waals surface area contributed by atoms with Gasteiger partial charge in [0.25, 0.3) is 0 Å². The molecule has 8 nitrogen and oxygen atoms in total. The minimum absolute atomic E-state index is 0.107. The number of hydrogen-bond donors (Lipinski definition) is 4. The van der Waals surface area contributed by atoms with Gasteiger partial charge in [-0.3, -0.25) is 14.9 Å². The highest BCUT2D eigenvalue weighted by molar-refractivity contribution is 6.01. The number of halogens is 1. The molecule has 2 aliphatic heterocycles. The van der Waals surface area contributed by atoms with E-state index in [-0.39, 0.29) is 18.7 Å². The zero-order valence-electron chi connectivity index (χ0n) is 18.3. The summed E-state index contributed by atoms with van der Waals surface area (Å²) in [6, 6.07) is 4.10. The Kier molecular flexibility index (Phi) is 6.88. The molecule has 1 unspecified atom stereocenters. The molecule has 3 rings (SSSR count). The van der Waals surface area contributed by atoms with E-state index in [1.54, 1.807) is 12.1 Å². The maximum atomic E-state index is 14.8. The minimum atomic E-state index is -1.06. The van der Waals surface area contributed by atoms with Crippen LogP contribution in [0.3, 0.4) is 0 Å². The Bertz CT molecular complexity index is 818. The number of rotatable bonds is 6. The van der Waals surface area contributed by atoms with Gasteiger partial charge in [-0.25, -0.2) is 4.39 Å². The molecule has 2 atom stereocenters. The van der Waals surface area contributed by atoms with E-state index < -0.39 is 35.3 Å². The van der Waals surface area contributed by atoms with Gasteiger partial charge in [0.15, 0.2) is 6.29 Å². The third kappa shape index (κ3) is 6.38. The van der Waals surface area contributed by atoms with E-state index in [1.165, 1.54) is 6.07 Å². The summed E-state index contributed by atoms with van der Waals surface area (Å²) >= 11 is 0. The summed E-state index contributed by atoms with van der Waals surface area (Å²) in [4.78, 5) is 25.0.